The number of nitrogens with zero attached hydrogens (tertiary/aromatic N) is 1. The molecule has 1 heterocycles. The van der Waals surface area contributed by atoms with Gasteiger partial charge in [0.25, 0.3) is 0 Å². The Hall–Kier alpha value is -0.610. The summed E-state index contributed by atoms with van der Waals surface area (Å²) < 4.78 is 0. The van der Waals surface area contributed by atoms with Crippen molar-refractivity contribution in [3.8, 4) is 0 Å². The lowest BCUT2D eigenvalue weighted by Crippen LogP contribution is -2.31. The molecule has 19 heavy (non-hydrogen) atoms. The van der Waals surface area contributed by atoms with Crippen LogP contribution in [0.4, 0.5) is 0 Å². The van der Waals surface area contributed by atoms with Gasteiger partial charge in [0.1, 0.15) is 5.01 Å². The monoisotopic (exact) mass is 296 g/mol. The van der Waals surface area contributed by atoms with Gasteiger partial charge in [0.2, 0.25) is 5.91 Å². The number of carbonyl (C=O) groups is 1. The van der Waals surface area contributed by atoms with Crippen LogP contribution in [-0.2, 0) is 17.1 Å². The summed E-state index contributed by atoms with van der Waals surface area (Å²) in [6.07, 6.45) is 4.62. The van der Waals surface area contributed by atoms with Crippen molar-refractivity contribution in [2.45, 2.75) is 37.6 Å². The van der Waals surface area contributed by atoms with E-state index in [1.54, 1.807) is 0 Å². The molecule has 2 bridgehead atoms. The molecule has 3 fully saturated rings. The first-order valence-electron chi connectivity index (χ1n) is 7.05. The lowest BCUT2D eigenvalue weighted by atomic mass is 10.0. The standard InChI is InChI=1S/C14H17ClN2OS/c15-5-9-6-19-11(16-9)4-10(18)17-14-12-7-1-2-8(3-7)13(12)14/h6-8,12-14H,1-5H2,(H,17,18). The first-order valence-corrected chi connectivity index (χ1v) is 8.46. The Balaban J connectivity index is 1.33. The van der Waals surface area contributed by atoms with Crippen LogP contribution in [0.5, 0.6) is 0 Å². The lowest BCUT2D eigenvalue weighted by Gasteiger charge is -2.09. The molecule has 0 saturated heterocycles. The molecule has 1 aromatic heterocycles. The zero-order valence-corrected chi connectivity index (χ0v) is 12.2. The quantitative estimate of drug-likeness (QED) is 0.868. The summed E-state index contributed by atoms with van der Waals surface area (Å²) in [5, 5.41) is 6.04. The number of halogens is 1. The zero-order chi connectivity index (χ0) is 13.0. The van der Waals surface area contributed by atoms with Crippen LogP contribution in [0.2, 0.25) is 0 Å². The van der Waals surface area contributed by atoms with E-state index in [0.717, 1.165) is 34.4 Å². The Morgan fingerprint density at radius 3 is 2.79 bits per heavy atom. The molecular formula is C14H17ClN2OS. The van der Waals surface area contributed by atoms with E-state index in [4.69, 9.17) is 11.6 Å². The van der Waals surface area contributed by atoms with E-state index in [9.17, 15) is 4.79 Å². The number of hydrogen-bond donors (Lipinski definition) is 1. The SMILES string of the molecule is O=C(Cc1nc(CCl)cs1)NC1C2C3CCC(C3)C12. The van der Waals surface area contributed by atoms with Gasteiger partial charge in [0.05, 0.1) is 18.0 Å². The van der Waals surface area contributed by atoms with Gasteiger partial charge < -0.3 is 5.32 Å². The van der Waals surface area contributed by atoms with Gasteiger partial charge in [0.15, 0.2) is 0 Å². The molecule has 3 aliphatic rings. The average Bonchev–Trinajstić information content (AvgIpc) is 2.82. The highest BCUT2D eigenvalue weighted by Gasteiger charge is 2.65. The summed E-state index contributed by atoms with van der Waals surface area (Å²) in [5.41, 5.74) is 0.871. The fourth-order valence-electron chi connectivity index (χ4n) is 4.38. The molecule has 3 aliphatic carbocycles. The molecule has 4 unspecified atom stereocenters. The van der Waals surface area contributed by atoms with Crippen LogP contribution in [0.1, 0.15) is 30.0 Å². The Bertz CT molecular complexity index is 501. The molecular weight excluding hydrogens is 280 g/mol. The summed E-state index contributed by atoms with van der Waals surface area (Å²) in [7, 11) is 0. The number of fused-ring (bicyclic) bond motifs is 5. The maximum Gasteiger partial charge on any atom is 0.227 e. The first kappa shape index (κ1) is 12.2. The summed E-state index contributed by atoms with van der Waals surface area (Å²) in [6, 6.07) is 0.478. The zero-order valence-electron chi connectivity index (χ0n) is 10.6. The highest BCUT2D eigenvalue weighted by Crippen LogP contribution is 2.65. The fourth-order valence-corrected chi connectivity index (χ4v) is 5.41. The van der Waals surface area contributed by atoms with Gasteiger partial charge in [-0.3, -0.25) is 4.79 Å². The van der Waals surface area contributed by atoms with Crippen LogP contribution in [0, 0.1) is 23.7 Å². The predicted octanol–water partition coefficient (Wildman–Crippen LogP) is 2.59. The highest BCUT2D eigenvalue weighted by atomic mass is 35.5. The molecule has 3 saturated carbocycles. The molecule has 1 amide bonds. The Morgan fingerprint density at radius 2 is 2.16 bits per heavy atom. The van der Waals surface area contributed by atoms with E-state index in [2.05, 4.69) is 10.3 Å². The second-order valence-electron chi connectivity index (χ2n) is 6.12. The van der Waals surface area contributed by atoms with Gasteiger partial charge in [-0.15, -0.1) is 22.9 Å². The number of thiazole rings is 1. The van der Waals surface area contributed by atoms with Crippen LogP contribution >= 0.6 is 22.9 Å². The number of carbonyl (C=O) groups excluding carboxylic acids is 1. The van der Waals surface area contributed by atoms with Gasteiger partial charge in [-0.05, 0) is 42.9 Å². The van der Waals surface area contributed by atoms with Crippen LogP contribution in [0.3, 0.4) is 0 Å². The average molecular weight is 297 g/mol. The molecule has 1 aromatic rings. The lowest BCUT2D eigenvalue weighted by molar-refractivity contribution is -0.120. The van der Waals surface area contributed by atoms with E-state index in [0.29, 0.717) is 18.3 Å². The fraction of sp³-hybridized carbons (Fsp3) is 0.714. The molecule has 3 nitrogen and oxygen atoms in total. The molecule has 102 valence electrons. The molecule has 5 heteroatoms. The van der Waals surface area contributed by atoms with Crippen molar-refractivity contribution in [1.82, 2.24) is 10.3 Å². The van der Waals surface area contributed by atoms with E-state index in [1.807, 2.05) is 5.38 Å². The summed E-state index contributed by atoms with van der Waals surface area (Å²) in [5.74, 6) is 3.98. The molecule has 4 atom stereocenters. The number of nitrogens with one attached hydrogen (secondary N) is 1. The van der Waals surface area contributed by atoms with Gasteiger partial charge >= 0.3 is 0 Å². The number of rotatable bonds is 4. The smallest absolute Gasteiger partial charge is 0.227 e. The first-order chi connectivity index (χ1) is 9.26. The van der Waals surface area contributed by atoms with Crippen LogP contribution in [0.15, 0.2) is 5.38 Å². The van der Waals surface area contributed by atoms with E-state index >= 15 is 0 Å². The Kier molecular flexibility index (Phi) is 2.85. The van der Waals surface area contributed by atoms with Crippen molar-refractivity contribution < 1.29 is 4.79 Å². The number of hydrogen-bond acceptors (Lipinski definition) is 3. The predicted molar refractivity (Wildman–Crippen MR) is 75.1 cm³/mol. The van der Waals surface area contributed by atoms with Crippen LogP contribution < -0.4 is 5.32 Å². The topological polar surface area (TPSA) is 42.0 Å². The van der Waals surface area contributed by atoms with Gasteiger partial charge in [0, 0.05) is 11.4 Å². The van der Waals surface area contributed by atoms with Crippen molar-refractivity contribution in [3.05, 3.63) is 16.1 Å². The van der Waals surface area contributed by atoms with Gasteiger partial charge in [-0.2, -0.15) is 0 Å². The number of alkyl halides is 1. The van der Waals surface area contributed by atoms with Crippen molar-refractivity contribution in [3.63, 3.8) is 0 Å². The van der Waals surface area contributed by atoms with E-state index in [-0.39, 0.29) is 5.91 Å². The minimum absolute atomic E-state index is 0.134. The van der Waals surface area contributed by atoms with Crippen molar-refractivity contribution in [2.75, 3.05) is 0 Å². The largest absolute Gasteiger partial charge is 0.352 e. The normalized spacial score (nSPS) is 38.3. The van der Waals surface area contributed by atoms with Crippen LogP contribution in [0.25, 0.3) is 0 Å². The summed E-state index contributed by atoms with van der Waals surface area (Å²) in [6.45, 7) is 0. The second kappa shape index (κ2) is 4.45. The molecule has 0 aliphatic heterocycles. The van der Waals surface area contributed by atoms with E-state index < -0.39 is 0 Å². The van der Waals surface area contributed by atoms with Crippen molar-refractivity contribution in [2.24, 2.45) is 23.7 Å². The molecule has 0 spiro atoms. The van der Waals surface area contributed by atoms with E-state index in [1.165, 1.54) is 30.6 Å². The third kappa shape index (κ3) is 2.00. The molecule has 4 rings (SSSR count). The second-order valence-corrected chi connectivity index (χ2v) is 7.33. The highest BCUT2D eigenvalue weighted by molar-refractivity contribution is 7.09. The molecule has 0 aromatic carbocycles. The third-order valence-electron chi connectivity index (χ3n) is 5.11. The molecule has 1 N–H and O–H groups in total. The maximum atomic E-state index is 12.0. The summed E-state index contributed by atoms with van der Waals surface area (Å²) >= 11 is 7.25. The molecule has 0 radical (unpaired) electrons. The van der Waals surface area contributed by atoms with Crippen LogP contribution in [-0.4, -0.2) is 16.9 Å². The van der Waals surface area contributed by atoms with Gasteiger partial charge in [-0.25, -0.2) is 4.98 Å². The Labute approximate surface area is 121 Å². The third-order valence-corrected chi connectivity index (χ3v) is 6.28. The van der Waals surface area contributed by atoms with Crippen molar-refractivity contribution >= 4 is 28.8 Å². The minimum Gasteiger partial charge on any atom is -0.352 e. The summed E-state index contributed by atoms with van der Waals surface area (Å²) in [4.78, 5) is 16.4. The van der Waals surface area contributed by atoms with Gasteiger partial charge in [-0.1, -0.05) is 0 Å². The minimum atomic E-state index is 0.134. The Morgan fingerprint density at radius 1 is 1.42 bits per heavy atom. The number of amides is 1. The maximum absolute atomic E-state index is 12.0. The van der Waals surface area contributed by atoms with Crippen molar-refractivity contribution in [1.29, 1.82) is 0 Å². The number of aromatic nitrogens is 1.